The van der Waals surface area contributed by atoms with Gasteiger partial charge in [-0.3, -0.25) is 4.98 Å². The number of rotatable bonds is 3. The second-order valence-electron chi connectivity index (χ2n) is 4.60. The summed E-state index contributed by atoms with van der Waals surface area (Å²) in [6.07, 6.45) is 3.35. The first-order valence-corrected chi connectivity index (χ1v) is 7.37. The fourth-order valence-electron chi connectivity index (χ4n) is 2.06. The van der Waals surface area contributed by atoms with Crippen molar-refractivity contribution in [1.82, 2.24) is 9.97 Å². The maximum Gasteiger partial charge on any atom is 0.132 e. The molecule has 0 aliphatic carbocycles. The number of aromatic nitrogens is 2. The lowest BCUT2D eigenvalue weighted by Gasteiger charge is -2.02. The van der Waals surface area contributed by atoms with Crippen LogP contribution in [0.2, 0.25) is 0 Å². The van der Waals surface area contributed by atoms with Crippen molar-refractivity contribution < 1.29 is 9.60 Å². The highest BCUT2D eigenvalue weighted by Crippen LogP contribution is 2.35. The first kappa shape index (κ1) is 14.3. The number of oxime groups is 1. The number of benzene rings is 1. The molecule has 6 heteroatoms. The van der Waals surface area contributed by atoms with Gasteiger partial charge in [0.05, 0.1) is 16.3 Å². The standard InChI is InChI=1S/C16H12FN3OS/c1-10(20-21)15-14(12-4-2-3-5-13(12)17)19-16(22-15)11-6-8-18-9-7-11/h2-9,21H,1H3/b20-10-. The summed E-state index contributed by atoms with van der Waals surface area (Å²) in [7, 11) is 0. The van der Waals surface area contributed by atoms with Gasteiger partial charge in [-0.1, -0.05) is 17.3 Å². The van der Waals surface area contributed by atoms with Crippen LogP contribution in [0.4, 0.5) is 4.39 Å². The average Bonchev–Trinajstić information content (AvgIpc) is 3.00. The molecule has 0 atom stereocenters. The molecule has 0 amide bonds. The smallest absolute Gasteiger partial charge is 0.132 e. The topological polar surface area (TPSA) is 58.4 Å². The summed E-state index contributed by atoms with van der Waals surface area (Å²) in [6.45, 7) is 1.66. The minimum Gasteiger partial charge on any atom is -0.411 e. The number of hydrogen-bond acceptors (Lipinski definition) is 5. The van der Waals surface area contributed by atoms with Crippen LogP contribution in [-0.4, -0.2) is 20.9 Å². The molecule has 2 aromatic heterocycles. The van der Waals surface area contributed by atoms with E-state index in [-0.39, 0.29) is 5.82 Å². The molecule has 4 nitrogen and oxygen atoms in total. The Morgan fingerprint density at radius 1 is 1.18 bits per heavy atom. The maximum absolute atomic E-state index is 14.1. The molecule has 1 N–H and O–H groups in total. The zero-order valence-corrected chi connectivity index (χ0v) is 12.5. The highest BCUT2D eigenvalue weighted by molar-refractivity contribution is 7.17. The Labute approximate surface area is 130 Å². The predicted octanol–water partition coefficient (Wildman–Crippen LogP) is 4.21. The molecule has 0 radical (unpaired) electrons. The van der Waals surface area contributed by atoms with E-state index in [0.29, 0.717) is 21.8 Å². The highest BCUT2D eigenvalue weighted by Gasteiger charge is 2.19. The lowest BCUT2D eigenvalue weighted by Crippen LogP contribution is -1.95. The first-order valence-electron chi connectivity index (χ1n) is 6.56. The van der Waals surface area contributed by atoms with E-state index in [1.54, 1.807) is 37.5 Å². The Kier molecular flexibility index (Phi) is 3.93. The van der Waals surface area contributed by atoms with Crippen molar-refractivity contribution in [3.8, 4) is 21.8 Å². The Bertz CT molecular complexity index is 830. The number of pyridine rings is 1. The van der Waals surface area contributed by atoms with E-state index in [1.165, 1.54) is 17.4 Å². The second-order valence-corrected chi connectivity index (χ2v) is 5.60. The molecule has 1 aromatic carbocycles. The van der Waals surface area contributed by atoms with Gasteiger partial charge in [0.1, 0.15) is 10.8 Å². The summed E-state index contributed by atoms with van der Waals surface area (Å²) in [4.78, 5) is 9.15. The lowest BCUT2D eigenvalue weighted by molar-refractivity contribution is 0.319. The van der Waals surface area contributed by atoms with Crippen LogP contribution in [0.15, 0.2) is 53.9 Å². The number of hydrogen-bond donors (Lipinski definition) is 1. The Morgan fingerprint density at radius 3 is 2.59 bits per heavy atom. The van der Waals surface area contributed by atoms with E-state index in [2.05, 4.69) is 15.1 Å². The van der Waals surface area contributed by atoms with Gasteiger partial charge in [-0.2, -0.15) is 0 Å². The maximum atomic E-state index is 14.1. The van der Waals surface area contributed by atoms with Crippen molar-refractivity contribution in [2.24, 2.45) is 5.16 Å². The number of nitrogens with zero attached hydrogens (tertiary/aromatic N) is 3. The largest absolute Gasteiger partial charge is 0.411 e. The fraction of sp³-hybridized carbons (Fsp3) is 0.0625. The lowest BCUT2D eigenvalue weighted by atomic mass is 10.1. The van der Waals surface area contributed by atoms with Crippen LogP contribution < -0.4 is 0 Å². The number of thiazole rings is 1. The van der Waals surface area contributed by atoms with Crippen molar-refractivity contribution in [3.63, 3.8) is 0 Å². The normalized spacial score (nSPS) is 11.6. The van der Waals surface area contributed by atoms with Crippen LogP contribution in [0.25, 0.3) is 21.8 Å². The molecular formula is C16H12FN3OS. The number of halogens is 1. The Balaban J connectivity index is 2.21. The third-order valence-electron chi connectivity index (χ3n) is 3.16. The molecule has 0 aliphatic rings. The minimum atomic E-state index is -0.360. The summed E-state index contributed by atoms with van der Waals surface area (Å²) < 4.78 is 14.1. The van der Waals surface area contributed by atoms with Gasteiger partial charge in [0, 0.05) is 23.5 Å². The van der Waals surface area contributed by atoms with E-state index < -0.39 is 0 Å². The quantitative estimate of drug-likeness (QED) is 0.447. The van der Waals surface area contributed by atoms with Crippen molar-refractivity contribution in [2.75, 3.05) is 0 Å². The van der Waals surface area contributed by atoms with Gasteiger partial charge in [0.2, 0.25) is 0 Å². The van der Waals surface area contributed by atoms with E-state index >= 15 is 0 Å². The molecule has 3 rings (SSSR count). The second kappa shape index (κ2) is 6.03. The van der Waals surface area contributed by atoms with Crippen LogP contribution in [0, 0.1) is 5.82 Å². The van der Waals surface area contributed by atoms with Crippen LogP contribution in [0.3, 0.4) is 0 Å². The molecule has 0 aliphatic heterocycles. The molecule has 0 bridgehead atoms. The van der Waals surface area contributed by atoms with Crippen LogP contribution in [0.5, 0.6) is 0 Å². The Hall–Kier alpha value is -2.60. The van der Waals surface area contributed by atoms with E-state index in [4.69, 9.17) is 5.21 Å². The molecule has 3 aromatic rings. The summed E-state index contributed by atoms with van der Waals surface area (Å²) in [6, 6.07) is 10.1. The van der Waals surface area contributed by atoms with E-state index in [0.717, 1.165) is 10.6 Å². The van der Waals surface area contributed by atoms with Gasteiger partial charge in [-0.15, -0.1) is 11.3 Å². The molecule has 2 heterocycles. The Morgan fingerprint density at radius 2 is 1.91 bits per heavy atom. The van der Waals surface area contributed by atoms with Gasteiger partial charge >= 0.3 is 0 Å². The van der Waals surface area contributed by atoms with Gasteiger partial charge in [0.25, 0.3) is 0 Å². The molecule has 0 saturated carbocycles. The van der Waals surface area contributed by atoms with Crippen molar-refractivity contribution >= 4 is 17.0 Å². The highest BCUT2D eigenvalue weighted by atomic mass is 32.1. The molecule has 110 valence electrons. The molecule has 0 saturated heterocycles. The van der Waals surface area contributed by atoms with Crippen LogP contribution in [0.1, 0.15) is 11.8 Å². The summed E-state index contributed by atoms with van der Waals surface area (Å²) >= 11 is 1.35. The third kappa shape index (κ3) is 2.60. The van der Waals surface area contributed by atoms with Crippen molar-refractivity contribution in [1.29, 1.82) is 0 Å². The van der Waals surface area contributed by atoms with Gasteiger partial charge < -0.3 is 5.21 Å². The zero-order chi connectivity index (χ0) is 15.5. The third-order valence-corrected chi connectivity index (χ3v) is 4.38. The fourth-order valence-corrected chi connectivity index (χ4v) is 3.09. The van der Waals surface area contributed by atoms with Crippen molar-refractivity contribution in [2.45, 2.75) is 6.92 Å². The van der Waals surface area contributed by atoms with Gasteiger partial charge in [-0.05, 0) is 31.2 Å². The van der Waals surface area contributed by atoms with Crippen LogP contribution >= 0.6 is 11.3 Å². The molecule has 22 heavy (non-hydrogen) atoms. The average molecular weight is 313 g/mol. The molecule has 0 unspecified atom stereocenters. The molecule has 0 fully saturated rings. The monoisotopic (exact) mass is 313 g/mol. The van der Waals surface area contributed by atoms with Gasteiger partial charge in [-0.25, -0.2) is 9.37 Å². The van der Waals surface area contributed by atoms with Crippen molar-refractivity contribution in [3.05, 3.63) is 59.5 Å². The zero-order valence-electron chi connectivity index (χ0n) is 11.7. The summed E-state index contributed by atoms with van der Waals surface area (Å²) in [5.41, 5.74) is 2.15. The SMILES string of the molecule is C/C(=N/O)c1sc(-c2ccncc2)nc1-c1ccccc1F. The van der Waals surface area contributed by atoms with E-state index in [9.17, 15) is 4.39 Å². The minimum absolute atomic E-state index is 0.360. The first-order chi connectivity index (χ1) is 10.7. The van der Waals surface area contributed by atoms with Crippen LogP contribution in [-0.2, 0) is 0 Å². The molecular weight excluding hydrogens is 301 g/mol. The molecule has 0 spiro atoms. The summed E-state index contributed by atoms with van der Waals surface area (Å²) in [5, 5.41) is 13.0. The van der Waals surface area contributed by atoms with E-state index in [1.807, 2.05) is 12.1 Å². The predicted molar refractivity (Wildman–Crippen MR) is 84.7 cm³/mol. The van der Waals surface area contributed by atoms with Gasteiger partial charge in [0.15, 0.2) is 0 Å². The summed E-state index contributed by atoms with van der Waals surface area (Å²) in [5.74, 6) is -0.360.